The number of amides is 3. The van der Waals surface area contributed by atoms with E-state index < -0.39 is 47.7 Å². The Morgan fingerprint density at radius 2 is 1.87 bits per heavy atom. The second-order valence-electron chi connectivity index (χ2n) is 9.26. The molecule has 0 aromatic heterocycles. The second-order valence-corrected chi connectivity index (χ2v) is 9.26. The maximum absolute atomic E-state index is 13.1. The smallest absolute Gasteiger partial charge is 0.326 e. The normalized spacial score (nSPS) is 26.4. The fraction of sp³-hybridized carbons (Fsp3) is 0.545. The summed E-state index contributed by atoms with van der Waals surface area (Å²) in [6, 6.07) is 4.26. The van der Waals surface area contributed by atoms with Crippen LogP contribution in [0.15, 0.2) is 24.3 Å². The monoisotopic (exact) mass is 418 g/mol. The van der Waals surface area contributed by atoms with E-state index in [9.17, 15) is 23.6 Å². The van der Waals surface area contributed by atoms with Crippen LogP contribution in [0.4, 0.5) is 9.18 Å². The van der Waals surface area contributed by atoms with Crippen molar-refractivity contribution in [3.63, 3.8) is 0 Å². The van der Waals surface area contributed by atoms with E-state index in [4.69, 9.17) is 4.74 Å². The van der Waals surface area contributed by atoms with Gasteiger partial charge in [-0.15, -0.1) is 0 Å². The highest BCUT2D eigenvalue weighted by molar-refractivity contribution is 6.09. The summed E-state index contributed by atoms with van der Waals surface area (Å²) in [6.45, 7) is 6.99. The molecule has 0 radical (unpaired) electrons. The third kappa shape index (κ3) is 4.37. The van der Waals surface area contributed by atoms with Gasteiger partial charge in [0.15, 0.2) is 6.10 Å². The first kappa shape index (κ1) is 21.9. The number of hydrogen-bond acceptors (Lipinski definition) is 5. The molecule has 1 aliphatic heterocycles. The van der Waals surface area contributed by atoms with E-state index in [1.165, 1.54) is 19.1 Å². The van der Waals surface area contributed by atoms with Gasteiger partial charge in [-0.25, -0.2) is 9.18 Å². The third-order valence-electron chi connectivity index (χ3n) is 5.72. The molecule has 3 rings (SSSR count). The lowest BCUT2D eigenvalue weighted by Gasteiger charge is -2.43. The van der Waals surface area contributed by atoms with Gasteiger partial charge < -0.3 is 10.1 Å². The lowest BCUT2D eigenvalue weighted by molar-refractivity contribution is -0.150. The number of imide groups is 1. The molecule has 1 aliphatic carbocycles. The zero-order valence-electron chi connectivity index (χ0n) is 17.7. The van der Waals surface area contributed by atoms with Crippen molar-refractivity contribution >= 4 is 23.7 Å². The van der Waals surface area contributed by atoms with Crippen LogP contribution in [0, 0.1) is 17.2 Å². The molecule has 30 heavy (non-hydrogen) atoms. The number of halogens is 1. The molecular formula is C22H27FN2O5. The third-order valence-corrected chi connectivity index (χ3v) is 5.72. The van der Waals surface area contributed by atoms with Crippen molar-refractivity contribution in [1.29, 1.82) is 0 Å². The topological polar surface area (TPSA) is 92.8 Å². The molecule has 8 heteroatoms. The van der Waals surface area contributed by atoms with Crippen molar-refractivity contribution in [3.8, 4) is 0 Å². The lowest BCUT2D eigenvalue weighted by atomic mass is 9.64. The summed E-state index contributed by atoms with van der Waals surface area (Å²) in [4.78, 5) is 51.1. The minimum Gasteiger partial charge on any atom is -0.453 e. The number of ether oxygens (including phenoxy) is 1. The fourth-order valence-electron chi connectivity index (χ4n) is 4.92. The van der Waals surface area contributed by atoms with Crippen LogP contribution >= 0.6 is 0 Å². The SMILES string of the molecule is CC1CC(C)(C)CC2(C1)NC(=O)N(CC(=O)OC(C)C(=O)c1ccc(F)cc1)C2=O. The van der Waals surface area contributed by atoms with Crippen LogP contribution in [-0.4, -0.2) is 46.8 Å². The van der Waals surface area contributed by atoms with Crippen LogP contribution in [0.1, 0.15) is 57.3 Å². The van der Waals surface area contributed by atoms with Gasteiger partial charge in [0.25, 0.3) is 5.91 Å². The van der Waals surface area contributed by atoms with E-state index in [2.05, 4.69) is 19.2 Å². The number of nitrogens with zero attached hydrogens (tertiary/aromatic N) is 1. The maximum atomic E-state index is 13.1. The van der Waals surface area contributed by atoms with Gasteiger partial charge in [0, 0.05) is 5.56 Å². The Kier molecular flexibility index (Phi) is 5.71. The number of Topliss-reactive ketones (excluding diaryl/α,β-unsaturated/α-hetero) is 1. The maximum Gasteiger partial charge on any atom is 0.326 e. The van der Waals surface area contributed by atoms with Crippen molar-refractivity contribution < 1.29 is 28.3 Å². The second kappa shape index (κ2) is 7.81. The number of hydrogen-bond donors (Lipinski definition) is 1. The van der Waals surface area contributed by atoms with Crippen LogP contribution < -0.4 is 5.32 Å². The summed E-state index contributed by atoms with van der Waals surface area (Å²) in [6.07, 6.45) is 0.834. The molecule has 3 amide bonds. The average Bonchev–Trinajstić information content (AvgIpc) is 2.83. The van der Waals surface area contributed by atoms with Gasteiger partial charge in [-0.3, -0.25) is 19.3 Å². The Bertz CT molecular complexity index is 882. The highest BCUT2D eigenvalue weighted by atomic mass is 19.1. The first-order chi connectivity index (χ1) is 13.9. The minimum atomic E-state index is -1.13. The van der Waals surface area contributed by atoms with Gasteiger partial charge >= 0.3 is 12.0 Å². The highest BCUT2D eigenvalue weighted by Crippen LogP contribution is 2.46. The van der Waals surface area contributed by atoms with Crippen molar-refractivity contribution in [2.24, 2.45) is 11.3 Å². The summed E-state index contributed by atoms with van der Waals surface area (Å²) in [5.74, 6) is -2.02. The fourth-order valence-corrected chi connectivity index (χ4v) is 4.92. The molecule has 3 unspecified atom stereocenters. The predicted molar refractivity (Wildman–Crippen MR) is 106 cm³/mol. The van der Waals surface area contributed by atoms with Gasteiger partial charge in [0.1, 0.15) is 17.9 Å². The minimum absolute atomic E-state index is 0.118. The van der Waals surface area contributed by atoms with Crippen LogP contribution in [0.3, 0.4) is 0 Å². The molecule has 3 atom stereocenters. The Labute approximate surface area is 174 Å². The molecule has 2 fully saturated rings. The van der Waals surface area contributed by atoms with Gasteiger partial charge in [0.2, 0.25) is 5.78 Å². The van der Waals surface area contributed by atoms with Crippen LogP contribution in [-0.2, 0) is 14.3 Å². The number of nitrogens with one attached hydrogen (secondary N) is 1. The van der Waals surface area contributed by atoms with E-state index >= 15 is 0 Å². The number of esters is 1. The van der Waals surface area contributed by atoms with Gasteiger partial charge in [-0.05, 0) is 61.8 Å². The Hall–Kier alpha value is -2.77. The van der Waals surface area contributed by atoms with Crippen molar-refractivity contribution in [2.75, 3.05) is 6.54 Å². The average molecular weight is 418 g/mol. The van der Waals surface area contributed by atoms with Gasteiger partial charge in [0.05, 0.1) is 0 Å². The first-order valence-corrected chi connectivity index (χ1v) is 10.1. The molecule has 0 bridgehead atoms. The van der Waals surface area contributed by atoms with Gasteiger partial charge in [-0.2, -0.15) is 0 Å². The quantitative estimate of drug-likeness (QED) is 0.451. The summed E-state index contributed by atoms with van der Waals surface area (Å²) in [5, 5.41) is 2.79. The summed E-state index contributed by atoms with van der Waals surface area (Å²) in [5.41, 5.74) is -0.926. The van der Waals surface area contributed by atoms with Gasteiger partial charge in [-0.1, -0.05) is 20.8 Å². The van der Waals surface area contributed by atoms with Crippen molar-refractivity contribution in [1.82, 2.24) is 10.2 Å². The highest BCUT2D eigenvalue weighted by Gasteiger charge is 2.56. The number of rotatable bonds is 5. The zero-order chi connectivity index (χ0) is 22.3. The standard InChI is InChI=1S/C22H27FN2O5/c1-13-9-21(3,4)12-22(10-13)19(28)25(20(29)24-22)11-17(26)30-14(2)18(27)15-5-7-16(23)8-6-15/h5-8,13-14H,9-12H2,1-4H3,(H,24,29). The van der Waals surface area contributed by atoms with Crippen molar-refractivity contribution in [3.05, 3.63) is 35.6 Å². The molecule has 1 saturated carbocycles. The summed E-state index contributed by atoms with van der Waals surface area (Å²) < 4.78 is 18.2. The Morgan fingerprint density at radius 1 is 1.23 bits per heavy atom. The predicted octanol–water partition coefficient (Wildman–Crippen LogP) is 3.08. The number of carbonyl (C=O) groups is 4. The molecule has 1 aromatic rings. The first-order valence-electron chi connectivity index (χ1n) is 10.1. The molecule has 2 aliphatic rings. The Balaban J connectivity index is 1.65. The lowest BCUT2D eigenvalue weighted by Crippen LogP contribution is -2.54. The molecule has 1 spiro atoms. The molecular weight excluding hydrogens is 391 g/mol. The summed E-state index contributed by atoms with van der Waals surface area (Å²) in [7, 11) is 0. The van der Waals surface area contributed by atoms with E-state index in [1.54, 1.807) is 0 Å². The number of urea groups is 1. The van der Waals surface area contributed by atoms with E-state index in [1.807, 2.05) is 6.92 Å². The molecule has 1 aromatic carbocycles. The van der Waals surface area contributed by atoms with Crippen LogP contribution in [0.5, 0.6) is 0 Å². The number of ketones is 1. The molecule has 1 saturated heterocycles. The molecule has 162 valence electrons. The summed E-state index contributed by atoms with van der Waals surface area (Å²) >= 11 is 0. The zero-order valence-corrected chi connectivity index (χ0v) is 17.7. The van der Waals surface area contributed by atoms with E-state index in [-0.39, 0.29) is 16.9 Å². The van der Waals surface area contributed by atoms with Crippen molar-refractivity contribution in [2.45, 2.75) is 58.6 Å². The number of benzene rings is 1. The Morgan fingerprint density at radius 3 is 2.47 bits per heavy atom. The van der Waals surface area contributed by atoms with Crippen LogP contribution in [0.2, 0.25) is 0 Å². The molecule has 1 N–H and O–H groups in total. The molecule has 1 heterocycles. The van der Waals surface area contributed by atoms with Crippen LogP contribution in [0.25, 0.3) is 0 Å². The van der Waals surface area contributed by atoms with E-state index in [0.29, 0.717) is 12.8 Å². The van der Waals surface area contributed by atoms with E-state index in [0.717, 1.165) is 23.5 Å². The number of carbonyl (C=O) groups excluding carboxylic acids is 4. The molecule has 7 nitrogen and oxygen atoms in total. The largest absolute Gasteiger partial charge is 0.453 e.